The molecule has 0 aliphatic carbocycles. The van der Waals surface area contributed by atoms with Gasteiger partial charge in [0.1, 0.15) is 18.2 Å². The first-order valence-corrected chi connectivity index (χ1v) is 6.46. The summed E-state index contributed by atoms with van der Waals surface area (Å²) in [4.78, 5) is 0. The van der Waals surface area contributed by atoms with Crippen LogP contribution in [0.25, 0.3) is 0 Å². The van der Waals surface area contributed by atoms with Crippen LogP contribution < -0.4 is 10.5 Å². The van der Waals surface area contributed by atoms with Gasteiger partial charge in [0.25, 0.3) is 0 Å². The number of aliphatic hydroxyl groups excluding tert-OH is 1. The molecule has 0 heterocycles. The molecule has 0 saturated carbocycles. The van der Waals surface area contributed by atoms with Gasteiger partial charge in [-0.1, -0.05) is 30.3 Å². The first-order chi connectivity index (χ1) is 9.60. The lowest BCUT2D eigenvalue weighted by atomic mass is 10.1. The molecule has 1 atom stereocenters. The fourth-order valence-corrected chi connectivity index (χ4v) is 1.87. The normalized spacial score (nSPS) is 12.2. The number of nitrogens with two attached hydrogens (primary N) is 1. The van der Waals surface area contributed by atoms with Crippen LogP contribution in [-0.2, 0) is 13.2 Å². The maximum atomic E-state index is 13.7. The van der Waals surface area contributed by atoms with Crippen molar-refractivity contribution < 1.29 is 14.2 Å². The van der Waals surface area contributed by atoms with Crippen molar-refractivity contribution in [2.24, 2.45) is 5.73 Å². The molecule has 3 N–H and O–H groups in total. The van der Waals surface area contributed by atoms with E-state index in [1.54, 1.807) is 19.1 Å². The molecule has 0 aliphatic heterocycles. The van der Waals surface area contributed by atoms with Crippen molar-refractivity contribution >= 4 is 0 Å². The van der Waals surface area contributed by atoms with Gasteiger partial charge in [-0.3, -0.25) is 0 Å². The van der Waals surface area contributed by atoms with Gasteiger partial charge in [0.05, 0.1) is 6.61 Å². The molecule has 0 fully saturated rings. The Balaban J connectivity index is 2.01. The van der Waals surface area contributed by atoms with Gasteiger partial charge in [-0.15, -0.1) is 0 Å². The third kappa shape index (κ3) is 3.56. The first-order valence-electron chi connectivity index (χ1n) is 6.46. The van der Waals surface area contributed by atoms with Gasteiger partial charge in [-0.25, -0.2) is 4.39 Å². The number of hydrogen-bond donors (Lipinski definition) is 2. The number of aliphatic hydroxyl groups is 1. The minimum atomic E-state index is -0.354. The van der Waals surface area contributed by atoms with Gasteiger partial charge in [-0.2, -0.15) is 0 Å². The number of rotatable bonds is 5. The topological polar surface area (TPSA) is 55.5 Å². The Bertz CT molecular complexity index is 567. The van der Waals surface area contributed by atoms with Crippen LogP contribution in [0.4, 0.5) is 4.39 Å². The highest BCUT2D eigenvalue weighted by Crippen LogP contribution is 2.21. The maximum absolute atomic E-state index is 13.7. The van der Waals surface area contributed by atoms with Crippen LogP contribution in [0.5, 0.6) is 5.75 Å². The van der Waals surface area contributed by atoms with Gasteiger partial charge in [0.15, 0.2) is 0 Å². The lowest BCUT2D eigenvalue weighted by molar-refractivity contribution is 0.281. The van der Waals surface area contributed by atoms with Crippen molar-refractivity contribution in [2.75, 3.05) is 0 Å². The zero-order valence-electron chi connectivity index (χ0n) is 11.3. The molecule has 0 unspecified atom stereocenters. The lowest BCUT2D eigenvalue weighted by Crippen LogP contribution is -2.07. The van der Waals surface area contributed by atoms with Crippen LogP contribution in [0.3, 0.4) is 0 Å². The van der Waals surface area contributed by atoms with E-state index < -0.39 is 0 Å². The first kappa shape index (κ1) is 14.5. The SMILES string of the molecule is C[C@H](N)c1ccc(OCc2ccc(CO)cc2)cc1F. The molecule has 2 aromatic rings. The van der Waals surface area contributed by atoms with Crippen LogP contribution in [0, 0.1) is 5.82 Å². The Morgan fingerprint density at radius 1 is 1.15 bits per heavy atom. The van der Waals surface area contributed by atoms with Crippen LogP contribution in [0.15, 0.2) is 42.5 Å². The highest BCUT2D eigenvalue weighted by Gasteiger charge is 2.08. The van der Waals surface area contributed by atoms with Crippen molar-refractivity contribution in [1.29, 1.82) is 0 Å². The summed E-state index contributed by atoms with van der Waals surface area (Å²) in [7, 11) is 0. The Morgan fingerprint density at radius 3 is 2.35 bits per heavy atom. The molecule has 0 radical (unpaired) electrons. The molecular weight excluding hydrogens is 257 g/mol. The van der Waals surface area contributed by atoms with Crippen LogP contribution in [0.1, 0.15) is 29.7 Å². The van der Waals surface area contributed by atoms with E-state index >= 15 is 0 Å². The molecule has 0 saturated heterocycles. The Morgan fingerprint density at radius 2 is 1.80 bits per heavy atom. The molecule has 106 valence electrons. The molecule has 3 nitrogen and oxygen atoms in total. The van der Waals surface area contributed by atoms with Crippen LogP contribution >= 0.6 is 0 Å². The third-order valence-corrected chi connectivity index (χ3v) is 3.07. The van der Waals surface area contributed by atoms with Gasteiger partial charge in [0.2, 0.25) is 0 Å². The summed E-state index contributed by atoms with van der Waals surface area (Å²) < 4.78 is 19.3. The van der Waals surface area contributed by atoms with Gasteiger partial charge in [0, 0.05) is 17.7 Å². The average Bonchev–Trinajstić information content (AvgIpc) is 2.45. The summed E-state index contributed by atoms with van der Waals surface area (Å²) in [5, 5.41) is 8.95. The van der Waals surface area contributed by atoms with E-state index in [0.29, 0.717) is 17.9 Å². The van der Waals surface area contributed by atoms with E-state index in [9.17, 15) is 4.39 Å². The van der Waals surface area contributed by atoms with E-state index in [-0.39, 0.29) is 18.5 Å². The molecule has 0 aliphatic rings. The predicted octanol–water partition coefficient (Wildman–Crippen LogP) is 2.92. The fourth-order valence-electron chi connectivity index (χ4n) is 1.87. The quantitative estimate of drug-likeness (QED) is 0.882. The minimum absolute atomic E-state index is 0.0189. The van der Waals surface area contributed by atoms with E-state index in [0.717, 1.165) is 11.1 Å². The number of ether oxygens (including phenoxy) is 1. The van der Waals surface area contributed by atoms with Crippen molar-refractivity contribution in [3.05, 3.63) is 65.0 Å². The maximum Gasteiger partial charge on any atom is 0.131 e. The van der Waals surface area contributed by atoms with E-state index in [2.05, 4.69) is 0 Å². The molecule has 0 spiro atoms. The van der Waals surface area contributed by atoms with E-state index in [4.69, 9.17) is 15.6 Å². The second-order valence-corrected chi connectivity index (χ2v) is 4.74. The molecule has 2 aromatic carbocycles. The van der Waals surface area contributed by atoms with Gasteiger partial charge in [-0.05, 0) is 24.1 Å². The highest BCUT2D eigenvalue weighted by atomic mass is 19.1. The standard InChI is InChI=1S/C16H18FNO2/c1-11(18)15-7-6-14(8-16(15)17)20-10-13-4-2-12(9-19)3-5-13/h2-8,11,19H,9-10,18H2,1H3/t11-/m0/s1. The largest absolute Gasteiger partial charge is 0.489 e. The molecule has 0 bridgehead atoms. The minimum Gasteiger partial charge on any atom is -0.489 e. The number of hydrogen-bond acceptors (Lipinski definition) is 3. The third-order valence-electron chi connectivity index (χ3n) is 3.07. The molecule has 20 heavy (non-hydrogen) atoms. The molecule has 2 rings (SSSR count). The summed E-state index contributed by atoms with van der Waals surface area (Å²) in [5.41, 5.74) is 7.94. The summed E-state index contributed by atoms with van der Waals surface area (Å²) in [6, 6.07) is 11.8. The predicted molar refractivity (Wildman–Crippen MR) is 75.7 cm³/mol. The Labute approximate surface area is 117 Å². The lowest BCUT2D eigenvalue weighted by Gasteiger charge is -2.10. The van der Waals surface area contributed by atoms with Crippen LogP contribution in [0.2, 0.25) is 0 Å². The zero-order chi connectivity index (χ0) is 14.5. The van der Waals surface area contributed by atoms with E-state index in [1.807, 2.05) is 24.3 Å². The van der Waals surface area contributed by atoms with Crippen molar-refractivity contribution in [2.45, 2.75) is 26.2 Å². The van der Waals surface area contributed by atoms with Crippen molar-refractivity contribution in [3.63, 3.8) is 0 Å². The van der Waals surface area contributed by atoms with Crippen molar-refractivity contribution in [1.82, 2.24) is 0 Å². The summed E-state index contributed by atoms with van der Waals surface area (Å²) in [6.45, 7) is 2.11. The van der Waals surface area contributed by atoms with E-state index in [1.165, 1.54) is 6.07 Å². The second-order valence-electron chi connectivity index (χ2n) is 4.74. The second kappa shape index (κ2) is 6.50. The fraction of sp³-hybridized carbons (Fsp3) is 0.250. The highest BCUT2D eigenvalue weighted by molar-refractivity contribution is 5.31. The summed E-state index contributed by atoms with van der Waals surface area (Å²) in [5.74, 6) is 0.117. The average molecular weight is 275 g/mol. The number of benzene rings is 2. The Hall–Kier alpha value is -1.91. The summed E-state index contributed by atoms with van der Waals surface area (Å²) in [6.07, 6.45) is 0. The number of halogens is 1. The van der Waals surface area contributed by atoms with Gasteiger partial charge < -0.3 is 15.6 Å². The monoisotopic (exact) mass is 275 g/mol. The van der Waals surface area contributed by atoms with Crippen LogP contribution in [-0.4, -0.2) is 5.11 Å². The molecule has 4 heteroatoms. The molecular formula is C16H18FNO2. The van der Waals surface area contributed by atoms with Crippen molar-refractivity contribution in [3.8, 4) is 5.75 Å². The smallest absolute Gasteiger partial charge is 0.131 e. The van der Waals surface area contributed by atoms with Gasteiger partial charge >= 0.3 is 0 Å². The molecule has 0 amide bonds. The Kier molecular flexibility index (Phi) is 4.71. The zero-order valence-corrected chi connectivity index (χ0v) is 11.3. The molecule has 0 aromatic heterocycles. The summed E-state index contributed by atoms with van der Waals surface area (Å²) >= 11 is 0.